The second-order valence-electron chi connectivity index (χ2n) is 6.49. The zero-order valence-corrected chi connectivity index (χ0v) is 14.1. The highest BCUT2D eigenvalue weighted by molar-refractivity contribution is 6.10. The number of aryl methyl sites for hydroxylation is 3. The van der Waals surface area contributed by atoms with Gasteiger partial charge in [0.15, 0.2) is 6.20 Å². The Morgan fingerprint density at radius 3 is 2.42 bits per heavy atom. The molecule has 0 radical (unpaired) electrons. The molecule has 1 heterocycles. The van der Waals surface area contributed by atoms with Crippen LogP contribution in [0.25, 0.3) is 32.8 Å². The molecule has 1 aromatic heterocycles. The Balaban J connectivity index is 2.16. The summed E-state index contributed by atoms with van der Waals surface area (Å²) in [6.07, 6.45) is 2.06. The summed E-state index contributed by atoms with van der Waals surface area (Å²) in [5.41, 5.74) is 4.86. The van der Waals surface area contributed by atoms with Crippen LogP contribution in [0, 0.1) is 19.7 Å². The van der Waals surface area contributed by atoms with Crippen molar-refractivity contribution in [3.05, 3.63) is 77.7 Å². The van der Waals surface area contributed by atoms with Gasteiger partial charge in [-0.2, -0.15) is 0 Å². The van der Waals surface area contributed by atoms with Crippen molar-refractivity contribution in [1.82, 2.24) is 0 Å². The second kappa shape index (κ2) is 5.41. The standard InChI is InChI=1S/C22H19FN/c1-14-4-5-15(2)20(12-14)22-19-9-7-16-6-8-17(23)13-21(16)18(19)10-11-24(22)3/h4-13H,1-3H3/q+1. The van der Waals surface area contributed by atoms with E-state index in [0.717, 1.165) is 21.5 Å². The fourth-order valence-corrected chi connectivity index (χ4v) is 3.48. The Morgan fingerprint density at radius 1 is 0.792 bits per heavy atom. The summed E-state index contributed by atoms with van der Waals surface area (Å²) in [6.45, 7) is 4.24. The first-order valence-electron chi connectivity index (χ1n) is 8.13. The Labute approximate surface area is 141 Å². The third-order valence-electron chi connectivity index (χ3n) is 4.75. The molecule has 0 N–H and O–H groups in total. The van der Waals surface area contributed by atoms with Crippen LogP contribution in [0.2, 0.25) is 0 Å². The molecule has 118 valence electrons. The maximum absolute atomic E-state index is 13.8. The number of nitrogens with zero attached hydrogens (tertiary/aromatic N) is 1. The normalized spacial score (nSPS) is 11.3. The molecule has 0 bridgehead atoms. The lowest BCUT2D eigenvalue weighted by atomic mass is 9.95. The van der Waals surface area contributed by atoms with Crippen LogP contribution in [0.15, 0.2) is 60.8 Å². The van der Waals surface area contributed by atoms with E-state index in [-0.39, 0.29) is 5.82 Å². The van der Waals surface area contributed by atoms with E-state index in [1.54, 1.807) is 6.07 Å². The largest absolute Gasteiger partial charge is 0.220 e. The quantitative estimate of drug-likeness (QED) is 0.334. The first kappa shape index (κ1) is 14.8. The van der Waals surface area contributed by atoms with Crippen LogP contribution in [-0.4, -0.2) is 0 Å². The molecule has 1 nitrogen and oxygen atoms in total. The van der Waals surface area contributed by atoms with E-state index >= 15 is 0 Å². The van der Waals surface area contributed by atoms with Crippen molar-refractivity contribution in [3.63, 3.8) is 0 Å². The Bertz CT molecular complexity index is 1100. The number of halogens is 1. The number of hydrogen-bond donors (Lipinski definition) is 0. The predicted octanol–water partition coefficient (Wildman–Crippen LogP) is 5.24. The van der Waals surface area contributed by atoms with Crippen LogP contribution in [0.4, 0.5) is 4.39 Å². The molecular weight excluding hydrogens is 297 g/mol. The van der Waals surface area contributed by atoms with E-state index in [9.17, 15) is 4.39 Å². The Kier molecular flexibility index (Phi) is 3.34. The van der Waals surface area contributed by atoms with Gasteiger partial charge in [0, 0.05) is 17.0 Å². The van der Waals surface area contributed by atoms with Gasteiger partial charge >= 0.3 is 0 Å². The minimum absolute atomic E-state index is 0.198. The SMILES string of the molecule is Cc1ccc(C)c(-c2c3ccc4ccc(F)cc4c3cc[n+]2C)c1. The molecular formula is C22H19FN+. The van der Waals surface area contributed by atoms with E-state index in [1.165, 1.54) is 28.5 Å². The third-order valence-corrected chi connectivity index (χ3v) is 4.75. The van der Waals surface area contributed by atoms with Crippen molar-refractivity contribution >= 4 is 21.5 Å². The van der Waals surface area contributed by atoms with E-state index in [2.05, 4.69) is 68.1 Å². The summed E-state index contributed by atoms with van der Waals surface area (Å²) < 4.78 is 15.9. The highest BCUT2D eigenvalue weighted by Gasteiger charge is 2.18. The van der Waals surface area contributed by atoms with Gasteiger partial charge in [-0.1, -0.05) is 29.8 Å². The zero-order chi connectivity index (χ0) is 16.8. The lowest BCUT2D eigenvalue weighted by molar-refractivity contribution is -0.659. The number of pyridine rings is 1. The summed E-state index contributed by atoms with van der Waals surface area (Å²) in [4.78, 5) is 0. The lowest BCUT2D eigenvalue weighted by Crippen LogP contribution is -2.30. The monoisotopic (exact) mass is 316 g/mol. The highest BCUT2D eigenvalue weighted by Crippen LogP contribution is 2.32. The van der Waals surface area contributed by atoms with Crippen LogP contribution < -0.4 is 4.57 Å². The predicted molar refractivity (Wildman–Crippen MR) is 97.5 cm³/mol. The Hall–Kier alpha value is -2.74. The number of benzene rings is 3. The molecule has 0 fully saturated rings. The van der Waals surface area contributed by atoms with E-state index in [1.807, 2.05) is 6.07 Å². The van der Waals surface area contributed by atoms with Gasteiger partial charge in [-0.25, -0.2) is 8.96 Å². The van der Waals surface area contributed by atoms with Gasteiger partial charge in [0.1, 0.15) is 12.9 Å². The number of fused-ring (bicyclic) bond motifs is 3. The average Bonchev–Trinajstić information content (AvgIpc) is 2.57. The first-order valence-corrected chi connectivity index (χ1v) is 8.13. The minimum Gasteiger partial charge on any atom is -0.207 e. The molecule has 2 heteroatoms. The van der Waals surface area contributed by atoms with Crippen molar-refractivity contribution in [2.75, 3.05) is 0 Å². The van der Waals surface area contributed by atoms with Crippen molar-refractivity contribution in [1.29, 1.82) is 0 Å². The second-order valence-corrected chi connectivity index (χ2v) is 6.49. The van der Waals surface area contributed by atoms with Gasteiger partial charge in [-0.05, 0) is 54.4 Å². The molecule has 0 aliphatic heterocycles. The van der Waals surface area contributed by atoms with Crippen LogP contribution >= 0.6 is 0 Å². The molecule has 0 amide bonds. The van der Waals surface area contributed by atoms with Gasteiger partial charge in [0.25, 0.3) is 0 Å². The van der Waals surface area contributed by atoms with Crippen molar-refractivity contribution in [2.45, 2.75) is 13.8 Å². The van der Waals surface area contributed by atoms with Gasteiger partial charge in [-0.3, -0.25) is 0 Å². The van der Waals surface area contributed by atoms with Crippen molar-refractivity contribution in [3.8, 4) is 11.3 Å². The molecule has 0 saturated heterocycles. The van der Waals surface area contributed by atoms with E-state index in [0.29, 0.717) is 0 Å². The van der Waals surface area contributed by atoms with Gasteiger partial charge < -0.3 is 0 Å². The molecule has 0 saturated carbocycles. The lowest BCUT2D eigenvalue weighted by Gasteiger charge is -2.10. The first-order chi connectivity index (χ1) is 11.5. The molecule has 4 aromatic rings. The van der Waals surface area contributed by atoms with Gasteiger partial charge in [0.05, 0.1) is 5.39 Å². The van der Waals surface area contributed by atoms with Gasteiger partial charge in [0.2, 0.25) is 5.69 Å². The van der Waals surface area contributed by atoms with E-state index < -0.39 is 0 Å². The smallest absolute Gasteiger partial charge is 0.207 e. The fraction of sp³-hybridized carbons (Fsp3) is 0.136. The maximum atomic E-state index is 13.8. The summed E-state index contributed by atoms with van der Waals surface area (Å²) in [7, 11) is 2.06. The van der Waals surface area contributed by atoms with Crippen LogP contribution in [0.5, 0.6) is 0 Å². The summed E-state index contributed by atoms with van der Waals surface area (Å²) >= 11 is 0. The molecule has 0 spiro atoms. The summed E-state index contributed by atoms with van der Waals surface area (Å²) in [5.74, 6) is -0.198. The van der Waals surface area contributed by atoms with Crippen LogP contribution in [-0.2, 0) is 7.05 Å². The van der Waals surface area contributed by atoms with Crippen LogP contribution in [0.1, 0.15) is 11.1 Å². The molecule has 0 atom stereocenters. The highest BCUT2D eigenvalue weighted by atomic mass is 19.1. The Morgan fingerprint density at radius 2 is 1.58 bits per heavy atom. The fourth-order valence-electron chi connectivity index (χ4n) is 3.48. The average molecular weight is 316 g/mol. The molecule has 24 heavy (non-hydrogen) atoms. The maximum Gasteiger partial charge on any atom is 0.220 e. The zero-order valence-electron chi connectivity index (χ0n) is 14.1. The molecule has 0 aliphatic rings. The molecule has 4 rings (SSSR count). The summed E-state index contributed by atoms with van der Waals surface area (Å²) in [5, 5.41) is 4.25. The third kappa shape index (κ3) is 2.26. The van der Waals surface area contributed by atoms with Crippen molar-refractivity contribution in [2.24, 2.45) is 7.05 Å². The number of hydrogen-bond acceptors (Lipinski definition) is 0. The van der Waals surface area contributed by atoms with Crippen molar-refractivity contribution < 1.29 is 8.96 Å². The molecule has 0 unspecified atom stereocenters. The van der Waals surface area contributed by atoms with Crippen LogP contribution in [0.3, 0.4) is 0 Å². The number of rotatable bonds is 1. The van der Waals surface area contributed by atoms with Gasteiger partial charge in [-0.15, -0.1) is 0 Å². The topological polar surface area (TPSA) is 3.88 Å². The molecule has 3 aromatic carbocycles. The molecule has 0 aliphatic carbocycles. The minimum atomic E-state index is -0.198. The number of aromatic nitrogens is 1. The summed E-state index contributed by atoms with van der Waals surface area (Å²) in [6, 6.07) is 17.8. The van der Waals surface area contributed by atoms with E-state index in [4.69, 9.17) is 0 Å².